The van der Waals surface area contributed by atoms with Gasteiger partial charge in [-0.3, -0.25) is 9.69 Å². The Morgan fingerprint density at radius 2 is 1.77 bits per heavy atom. The summed E-state index contributed by atoms with van der Waals surface area (Å²) in [4.78, 5) is 17.4. The molecule has 0 N–H and O–H groups in total. The zero-order valence-corrected chi connectivity index (χ0v) is 18.1. The largest absolute Gasteiger partial charge is 0.337 e. The molecule has 2 heterocycles. The molecule has 1 saturated heterocycles. The Labute approximate surface area is 178 Å². The molecule has 3 aromatic rings. The number of carbonyl (C=O) groups excluding carboxylic acids is 1. The van der Waals surface area contributed by atoms with Crippen molar-refractivity contribution in [1.82, 2.24) is 19.6 Å². The van der Waals surface area contributed by atoms with Gasteiger partial charge in [0.25, 0.3) is 5.91 Å². The van der Waals surface area contributed by atoms with Crippen molar-refractivity contribution in [2.45, 2.75) is 39.8 Å². The average Bonchev–Trinajstić information content (AvgIpc) is 3.37. The second-order valence-electron chi connectivity index (χ2n) is 8.24. The molecule has 1 aromatic heterocycles. The van der Waals surface area contributed by atoms with Crippen molar-refractivity contribution < 1.29 is 4.79 Å². The number of benzene rings is 2. The van der Waals surface area contributed by atoms with Crippen molar-refractivity contribution in [3.63, 3.8) is 0 Å². The molecule has 0 saturated carbocycles. The SMILES string of the molecule is Cc1nn(-c2ccccc2)c(C)c1CN(C)C(=O)c1cccc(CN2CCCC2)c1. The zero-order chi connectivity index (χ0) is 21.1. The van der Waals surface area contributed by atoms with Gasteiger partial charge in [-0.25, -0.2) is 4.68 Å². The maximum Gasteiger partial charge on any atom is 0.253 e. The molecule has 5 nitrogen and oxygen atoms in total. The molecule has 1 aliphatic heterocycles. The molecule has 156 valence electrons. The van der Waals surface area contributed by atoms with E-state index in [1.54, 1.807) is 4.90 Å². The quantitative estimate of drug-likeness (QED) is 0.615. The fourth-order valence-electron chi connectivity index (χ4n) is 4.26. The van der Waals surface area contributed by atoms with Gasteiger partial charge in [-0.05, 0) is 69.6 Å². The van der Waals surface area contributed by atoms with Crippen LogP contribution in [0.25, 0.3) is 5.69 Å². The highest BCUT2D eigenvalue weighted by molar-refractivity contribution is 5.94. The number of hydrogen-bond acceptors (Lipinski definition) is 3. The number of para-hydroxylation sites is 1. The highest BCUT2D eigenvalue weighted by Gasteiger charge is 2.19. The summed E-state index contributed by atoms with van der Waals surface area (Å²) in [5.74, 6) is 0.0459. The van der Waals surface area contributed by atoms with Gasteiger partial charge in [-0.15, -0.1) is 0 Å². The van der Waals surface area contributed by atoms with Crippen LogP contribution in [-0.2, 0) is 13.1 Å². The molecule has 1 fully saturated rings. The molecule has 5 heteroatoms. The standard InChI is InChI=1S/C25H30N4O/c1-19-24(20(2)29(26-19)23-12-5-4-6-13-23)18-27(3)25(30)22-11-9-10-21(16-22)17-28-14-7-8-15-28/h4-6,9-13,16H,7-8,14-15,17-18H2,1-3H3. The first-order chi connectivity index (χ1) is 14.5. The smallest absolute Gasteiger partial charge is 0.253 e. The number of nitrogens with zero attached hydrogens (tertiary/aromatic N) is 4. The highest BCUT2D eigenvalue weighted by atomic mass is 16.2. The molecule has 0 aliphatic carbocycles. The number of aromatic nitrogens is 2. The van der Waals surface area contributed by atoms with E-state index in [1.807, 2.05) is 67.2 Å². The van der Waals surface area contributed by atoms with Crippen LogP contribution in [0.15, 0.2) is 54.6 Å². The first kappa shape index (κ1) is 20.4. The van der Waals surface area contributed by atoms with E-state index >= 15 is 0 Å². The van der Waals surface area contributed by atoms with Gasteiger partial charge in [-0.2, -0.15) is 5.10 Å². The van der Waals surface area contributed by atoms with E-state index in [9.17, 15) is 4.79 Å². The molecule has 4 rings (SSSR count). The Morgan fingerprint density at radius 1 is 1.03 bits per heavy atom. The van der Waals surface area contributed by atoms with Crippen molar-refractivity contribution in [3.05, 3.63) is 82.7 Å². The summed E-state index contributed by atoms with van der Waals surface area (Å²) in [7, 11) is 1.87. The summed E-state index contributed by atoms with van der Waals surface area (Å²) in [5.41, 5.74) is 6.12. The topological polar surface area (TPSA) is 41.4 Å². The molecule has 0 unspecified atom stereocenters. The molecule has 0 spiro atoms. The van der Waals surface area contributed by atoms with Gasteiger partial charge in [-0.1, -0.05) is 30.3 Å². The van der Waals surface area contributed by atoms with Gasteiger partial charge in [0.2, 0.25) is 0 Å². The van der Waals surface area contributed by atoms with Crippen LogP contribution >= 0.6 is 0 Å². The molecular weight excluding hydrogens is 372 g/mol. The lowest BCUT2D eigenvalue weighted by molar-refractivity contribution is 0.0784. The molecule has 1 aliphatic rings. The Balaban J connectivity index is 1.49. The highest BCUT2D eigenvalue weighted by Crippen LogP contribution is 2.20. The van der Waals surface area contributed by atoms with Crippen molar-refractivity contribution in [1.29, 1.82) is 0 Å². The Kier molecular flexibility index (Phi) is 6.00. The number of likely N-dealkylation sites (tertiary alicyclic amines) is 1. The maximum absolute atomic E-state index is 13.1. The minimum atomic E-state index is 0.0459. The summed E-state index contributed by atoms with van der Waals surface area (Å²) in [5, 5.41) is 4.71. The van der Waals surface area contributed by atoms with Crippen LogP contribution in [0.5, 0.6) is 0 Å². The minimum Gasteiger partial charge on any atom is -0.337 e. The Hall–Kier alpha value is -2.92. The van der Waals surface area contributed by atoms with Crippen LogP contribution in [0.1, 0.15) is 45.7 Å². The lowest BCUT2D eigenvalue weighted by Crippen LogP contribution is -2.27. The molecule has 0 atom stereocenters. The first-order valence-corrected chi connectivity index (χ1v) is 10.7. The number of carbonyl (C=O) groups is 1. The minimum absolute atomic E-state index is 0.0459. The second kappa shape index (κ2) is 8.84. The van der Waals surface area contributed by atoms with Gasteiger partial charge >= 0.3 is 0 Å². The summed E-state index contributed by atoms with van der Waals surface area (Å²) >= 11 is 0. The summed E-state index contributed by atoms with van der Waals surface area (Å²) in [6.07, 6.45) is 2.55. The third kappa shape index (κ3) is 4.31. The van der Waals surface area contributed by atoms with Crippen LogP contribution in [0.2, 0.25) is 0 Å². The van der Waals surface area contributed by atoms with Crippen LogP contribution in [0, 0.1) is 13.8 Å². The van der Waals surface area contributed by atoms with E-state index < -0.39 is 0 Å². The number of hydrogen-bond donors (Lipinski definition) is 0. The summed E-state index contributed by atoms with van der Waals surface area (Å²) < 4.78 is 1.96. The van der Waals surface area contributed by atoms with Crippen LogP contribution < -0.4 is 0 Å². The zero-order valence-electron chi connectivity index (χ0n) is 18.1. The Morgan fingerprint density at radius 3 is 2.50 bits per heavy atom. The predicted octanol–water partition coefficient (Wildman–Crippen LogP) is 4.36. The van der Waals surface area contributed by atoms with E-state index in [0.29, 0.717) is 6.54 Å². The monoisotopic (exact) mass is 402 g/mol. The van der Waals surface area contributed by atoms with Crippen molar-refractivity contribution in [3.8, 4) is 5.69 Å². The maximum atomic E-state index is 13.1. The molecule has 30 heavy (non-hydrogen) atoms. The van der Waals surface area contributed by atoms with Gasteiger partial charge in [0.15, 0.2) is 0 Å². The van der Waals surface area contributed by atoms with Crippen LogP contribution in [0.4, 0.5) is 0 Å². The third-order valence-electron chi connectivity index (χ3n) is 5.96. The van der Waals surface area contributed by atoms with Crippen LogP contribution in [-0.4, -0.2) is 45.6 Å². The van der Waals surface area contributed by atoms with E-state index in [2.05, 4.69) is 17.9 Å². The molecule has 0 radical (unpaired) electrons. The Bertz CT molecular complexity index is 1020. The normalized spacial score (nSPS) is 14.2. The summed E-state index contributed by atoms with van der Waals surface area (Å²) in [6.45, 7) is 7.85. The van der Waals surface area contributed by atoms with E-state index in [0.717, 1.165) is 47.8 Å². The summed E-state index contributed by atoms with van der Waals surface area (Å²) in [6, 6.07) is 18.2. The van der Waals surface area contributed by atoms with Crippen LogP contribution in [0.3, 0.4) is 0 Å². The van der Waals surface area contributed by atoms with Gasteiger partial charge < -0.3 is 4.90 Å². The number of aryl methyl sites for hydroxylation is 1. The average molecular weight is 403 g/mol. The van der Waals surface area contributed by atoms with Crippen molar-refractivity contribution in [2.24, 2.45) is 0 Å². The van der Waals surface area contributed by atoms with Gasteiger partial charge in [0, 0.05) is 37.0 Å². The van der Waals surface area contributed by atoms with Crippen molar-refractivity contribution >= 4 is 5.91 Å². The molecule has 2 aromatic carbocycles. The number of amides is 1. The first-order valence-electron chi connectivity index (χ1n) is 10.7. The fraction of sp³-hybridized carbons (Fsp3) is 0.360. The van der Waals surface area contributed by atoms with E-state index in [-0.39, 0.29) is 5.91 Å². The molecule has 0 bridgehead atoms. The van der Waals surface area contributed by atoms with Gasteiger partial charge in [0.1, 0.15) is 0 Å². The molecule has 1 amide bonds. The van der Waals surface area contributed by atoms with Crippen molar-refractivity contribution in [2.75, 3.05) is 20.1 Å². The lowest BCUT2D eigenvalue weighted by Gasteiger charge is -2.19. The predicted molar refractivity (Wildman–Crippen MR) is 120 cm³/mol. The lowest BCUT2D eigenvalue weighted by atomic mass is 10.1. The number of rotatable bonds is 6. The third-order valence-corrected chi connectivity index (χ3v) is 5.96. The fourth-order valence-corrected chi connectivity index (χ4v) is 4.26. The van der Waals surface area contributed by atoms with Gasteiger partial charge in [0.05, 0.1) is 11.4 Å². The van der Waals surface area contributed by atoms with E-state index in [4.69, 9.17) is 5.10 Å². The molecular formula is C25H30N4O. The second-order valence-corrected chi connectivity index (χ2v) is 8.24. The van der Waals surface area contributed by atoms with E-state index in [1.165, 1.54) is 18.4 Å².